The Labute approximate surface area is 66.8 Å². The molecule has 0 aromatic carbocycles. The van der Waals surface area contributed by atoms with Gasteiger partial charge in [0.1, 0.15) is 5.78 Å². The molecule has 10 heavy (non-hydrogen) atoms. The summed E-state index contributed by atoms with van der Waals surface area (Å²) in [6.07, 6.45) is 4.01. The predicted molar refractivity (Wildman–Crippen MR) is 41.4 cm³/mol. The number of rotatable bonds is 0. The van der Waals surface area contributed by atoms with E-state index < -0.39 is 0 Å². The van der Waals surface area contributed by atoms with Crippen molar-refractivity contribution < 1.29 is 4.79 Å². The number of hydrogen-bond donors (Lipinski definition) is 1. The van der Waals surface area contributed by atoms with Gasteiger partial charge in [-0.15, -0.1) is 12.4 Å². The van der Waals surface area contributed by atoms with E-state index in [0.29, 0.717) is 17.9 Å². The molecule has 0 aromatic heterocycles. The highest BCUT2D eigenvalue weighted by molar-refractivity contribution is 5.85. The van der Waals surface area contributed by atoms with Gasteiger partial charge in [-0.2, -0.15) is 0 Å². The normalized spacial score (nSPS) is 37.4. The fraction of sp³-hybridized carbons (Fsp3) is 0.857. The molecule has 0 spiro atoms. The van der Waals surface area contributed by atoms with Crippen molar-refractivity contribution in [2.24, 2.45) is 0 Å². The summed E-state index contributed by atoms with van der Waals surface area (Å²) < 4.78 is 0. The Morgan fingerprint density at radius 2 is 1.70 bits per heavy atom. The average molecular weight is 162 g/mol. The summed E-state index contributed by atoms with van der Waals surface area (Å²) in [7, 11) is 0. The molecule has 2 fully saturated rings. The van der Waals surface area contributed by atoms with Crippen LogP contribution in [0, 0.1) is 0 Å². The van der Waals surface area contributed by atoms with Crippen LogP contribution in [0.25, 0.3) is 0 Å². The van der Waals surface area contributed by atoms with Crippen molar-refractivity contribution in [1.29, 1.82) is 0 Å². The minimum Gasteiger partial charge on any atom is -0.310 e. The van der Waals surface area contributed by atoms with Crippen LogP contribution in [-0.4, -0.2) is 17.9 Å². The third-order valence-corrected chi connectivity index (χ3v) is 2.28. The minimum atomic E-state index is 0. The van der Waals surface area contributed by atoms with E-state index >= 15 is 0 Å². The van der Waals surface area contributed by atoms with E-state index in [1.807, 2.05) is 0 Å². The van der Waals surface area contributed by atoms with Crippen molar-refractivity contribution in [3.8, 4) is 0 Å². The molecule has 0 aliphatic carbocycles. The van der Waals surface area contributed by atoms with Gasteiger partial charge in [-0.25, -0.2) is 0 Å². The van der Waals surface area contributed by atoms with Crippen molar-refractivity contribution in [3.05, 3.63) is 0 Å². The molecular weight excluding hydrogens is 150 g/mol. The number of fused-ring (bicyclic) bond motifs is 2. The standard InChI is InChI=1S/C7H11NO.ClH/c9-7-3-5-1-2-6(4-7)8-5;/h5-6,8H,1-4H2;1H. The van der Waals surface area contributed by atoms with Gasteiger partial charge >= 0.3 is 0 Å². The topological polar surface area (TPSA) is 29.1 Å². The van der Waals surface area contributed by atoms with Crippen LogP contribution in [0.3, 0.4) is 0 Å². The van der Waals surface area contributed by atoms with E-state index in [9.17, 15) is 4.79 Å². The molecule has 2 heterocycles. The summed E-state index contributed by atoms with van der Waals surface area (Å²) in [5.41, 5.74) is 0. The zero-order valence-electron chi connectivity index (χ0n) is 5.80. The van der Waals surface area contributed by atoms with Crippen molar-refractivity contribution in [2.75, 3.05) is 0 Å². The molecule has 0 amide bonds. The van der Waals surface area contributed by atoms with Gasteiger partial charge in [0, 0.05) is 24.9 Å². The first kappa shape index (κ1) is 8.02. The van der Waals surface area contributed by atoms with Gasteiger partial charge in [-0.05, 0) is 12.8 Å². The second-order valence-electron chi connectivity index (χ2n) is 3.08. The highest BCUT2D eigenvalue weighted by atomic mass is 35.5. The fourth-order valence-corrected chi connectivity index (χ4v) is 1.86. The molecule has 2 aliphatic heterocycles. The van der Waals surface area contributed by atoms with Gasteiger partial charge in [-0.3, -0.25) is 4.79 Å². The summed E-state index contributed by atoms with van der Waals surface area (Å²) >= 11 is 0. The minimum absolute atomic E-state index is 0. The molecule has 0 radical (unpaired) electrons. The molecular formula is C7H12ClNO. The Kier molecular flexibility index (Phi) is 2.32. The van der Waals surface area contributed by atoms with Crippen molar-refractivity contribution >= 4 is 18.2 Å². The lowest BCUT2D eigenvalue weighted by atomic mass is 10.1. The monoisotopic (exact) mass is 161 g/mol. The third kappa shape index (κ3) is 1.32. The van der Waals surface area contributed by atoms with E-state index in [1.165, 1.54) is 12.8 Å². The Morgan fingerprint density at radius 1 is 1.20 bits per heavy atom. The second-order valence-corrected chi connectivity index (χ2v) is 3.08. The number of carbonyl (C=O) groups excluding carboxylic acids is 1. The lowest BCUT2D eigenvalue weighted by molar-refractivity contribution is -0.120. The molecule has 2 bridgehead atoms. The van der Waals surface area contributed by atoms with Gasteiger partial charge < -0.3 is 5.32 Å². The van der Waals surface area contributed by atoms with Crippen LogP contribution in [0.2, 0.25) is 0 Å². The molecule has 1 N–H and O–H groups in total. The number of Topliss-reactive ketones (excluding diaryl/α,β-unsaturated/α-hetero) is 1. The number of ketones is 1. The molecule has 2 atom stereocenters. The SMILES string of the molecule is Cl.O=C1CC2CCC(C1)N2. The average Bonchev–Trinajstić information content (AvgIpc) is 2.11. The maximum atomic E-state index is 10.9. The Bertz CT molecular complexity index is 135. The number of nitrogens with one attached hydrogen (secondary N) is 1. The van der Waals surface area contributed by atoms with Gasteiger partial charge in [0.2, 0.25) is 0 Å². The third-order valence-electron chi connectivity index (χ3n) is 2.28. The Balaban J connectivity index is 0.000000500. The summed E-state index contributed by atoms with van der Waals surface area (Å²) in [5, 5.41) is 3.40. The van der Waals surface area contributed by atoms with Crippen LogP contribution in [-0.2, 0) is 4.79 Å². The Hall–Kier alpha value is -0.0800. The van der Waals surface area contributed by atoms with E-state index in [0.717, 1.165) is 12.8 Å². The van der Waals surface area contributed by atoms with E-state index in [1.54, 1.807) is 0 Å². The van der Waals surface area contributed by atoms with Gasteiger partial charge in [-0.1, -0.05) is 0 Å². The molecule has 2 rings (SSSR count). The molecule has 0 aromatic rings. The highest BCUT2D eigenvalue weighted by Gasteiger charge is 2.31. The maximum absolute atomic E-state index is 10.9. The summed E-state index contributed by atoms with van der Waals surface area (Å²) in [6.45, 7) is 0. The zero-order chi connectivity index (χ0) is 6.27. The summed E-state index contributed by atoms with van der Waals surface area (Å²) in [6, 6.07) is 1.08. The first-order valence-corrected chi connectivity index (χ1v) is 3.62. The quantitative estimate of drug-likeness (QED) is 0.572. The molecule has 0 saturated carbocycles. The summed E-state index contributed by atoms with van der Waals surface area (Å²) in [4.78, 5) is 10.9. The van der Waals surface area contributed by atoms with Gasteiger partial charge in [0.15, 0.2) is 0 Å². The first-order valence-electron chi connectivity index (χ1n) is 3.62. The van der Waals surface area contributed by atoms with Gasteiger partial charge in [0.25, 0.3) is 0 Å². The van der Waals surface area contributed by atoms with Crippen LogP contribution in [0.5, 0.6) is 0 Å². The lowest BCUT2D eigenvalue weighted by Gasteiger charge is -2.18. The number of piperidine rings is 1. The number of carbonyl (C=O) groups is 1. The van der Waals surface area contributed by atoms with E-state index in [4.69, 9.17) is 0 Å². The van der Waals surface area contributed by atoms with E-state index in [2.05, 4.69) is 5.32 Å². The largest absolute Gasteiger partial charge is 0.310 e. The Morgan fingerprint density at radius 3 is 2.20 bits per heavy atom. The molecule has 2 aliphatic rings. The molecule has 58 valence electrons. The van der Waals surface area contributed by atoms with Crippen molar-refractivity contribution in [3.63, 3.8) is 0 Å². The zero-order valence-corrected chi connectivity index (χ0v) is 6.62. The molecule has 2 unspecified atom stereocenters. The second kappa shape index (κ2) is 2.89. The molecule has 2 saturated heterocycles. The predicted octanol–water partition coefficient (Wildman–Crippen LogP) is 0.892. The van der Waals surface area contributed by atoms with Crippen molar-refractivity contribution in [1.82, 2.24) is 5.32 Å². The summed E-state index contributed by atoms with van der Waals surface area (Å²) in [5.74, 6) is 0.459. The van der Waals surface area contributed by atoms with Crippen LogP contribution in [0.15, 0.2) is 0 Å². The first-order chi connectivity index (χ1) is 4.34. The van der Waals surface area contributed by atoms with Crippen LogP contribution >= 0.6 is 12.4 Å². The van der Waals surface area contributed by atoms with Crippen LogP contribution in [0.4, 0.5) is 0 Å². The highest BCUT2D eigenvalue weighted by Crippen LogP contribution is 2.23. The van der Waals surface area contributed by atoms with Gasteiger partial charge in [0.05, 0.1) is 0 Å². The van der Waals surface area contributed by atoms with Crippen LogP contribution in [0.1, 0.15) is 25.7 Å². The molecule has 3 heteroatoms. The number of hydrogen-bond acceptors (Lipinski definition) is 2. The smallest absolute Gasteiger partial charge is 0.136 e. The molecule has 2 nitrogen and oxygen atoms in total. The van der Waals surface area contributed by atoms with E-state index in [-0.39, 0.29) is 12.4 Å². The maximum Gasteiger partial charge on any atom is 0.136 e. The van der Waals surface area contributed by atoms with Crippen molar-refractivity contribution in [2.45, 2.75) is 37.8 Å². The fourth-order valence-electron chi connectivity index (χ4n) is 1.86. The lowest BCUT2D eigenvalue weighted by Crippen LogP contribution is -2.38. The number of halogens is 1. The van der Waals surface area contributed by atoms with Crippen LogP contribution < -0.4 is 5.32 Å².